The Balaban J connectivity index is 1.83. The number of hydrogen-bond donors (Lipinski definition) is 0. The van der Waals surface area contributed by atoms with Gasteiger partial charge in [-0.05, 0) is 17.7 Å². The molecule has 4 rings (SSSR count). The zero-order valence-corrected chi connectivity index (χ0v) is 18.2. The first-order chi connectivity index (χ1) is 14.3. The van der Waals surface area contributed by atoms with Gasteiger partial charge in [0.05, 0.1) is 37.7 Å². The minimum atomic E-state index is -3.62. The van der Waals surface area contributed by atoms with E-state index in [-0.39, 0.29) is 5.15 Å². The first kappa shape index (κ1) is 20.4. The molecule has 1 aliphatic rings. The number of pyridine rings is 1. The Kier molecular flexibility index (Phi) is 5.29. The first-order valence-corrected chi connectivity index (χ1v) is 11.4. The van der Waals surface area contributed by atoms with Crippen molar-refractivity contribution in [1.29, 1.82) is 0 Å². The highest BCUT2D eigenvalue weighted by atomic mass is 35.5. The van der Waals surface area contributed by atoms with Crippen LogP contribution in [0.4, 0.5) is 0 Å². The molecule has 0 unspecified atom stereocenters. The van der Waals surface area contributed by atoms with Gasteiger partial charge in [-0.1, -0.05) is 41.9 Å². The van der Waals surface area contributed by atoms with E-state index in [9.17, 15) is 8.42 Å². The standard InChI is InChI=1S/C21H20ClN3O4S/c1-28-19-10-14-9-15(21(22)23-16(14)12-20(19)29-2)18-11-17(13-7-5-4-6-8-13)24-25(18)30(3,26)27/h4-10,12,18H,11H2,1-3H3/t18-/m1/s1. The highest BCUT2D eigenvalue weighted by Crippen LogP contribution is 2.40. The summed E-state index contributed by atoms with van der Waals surface area (Å²) < 4.78 is 36.8. The molecule has 2 aromatic carbocycles. The van der Waals surface area contributed by atoms with E-state index in [2.05, 4.69) is 10.1 Å². The van der Waals surface area contributed by atoms with Gasteiger partial charge >= 0.3 is 0 Å². The maximum Gasteiger partial charge on any atom is 0.247 e. The summed E-state index contributed by atoms with van der Waals surface area (Å²) in [5.74, 6) is 1.09. The Morgan fingerprint density at radius 2 is 1.73 bits per heavy atom. The molecule has 0 bridgehead atoms. The van der Waals surface area contributed by atoms with E-state index >= 15 is 0 Å². The number of aromatic nitrogens is 1. The van der Waals surface area contributed by atoms with E-state index in [1.54, 1.807) is 26.4 Å². The van der Waals surface area contributed by atoms with E-state index < -0.39 is 16.1 Å². The molecule has 3 aromatic rings. The third-order valence-corrected chi connectivity index (χ3v) is 6.30. The fourth-order valence-electron chi connectivity index (χ4n) is 3.56. The van der Waals surface area contributed by atoms with Crippen molar-refractivity contribution in [3.8, 4) is 11.5 Å². The second kappa shape index (κ2) is 7.77. The average Bonchev–Trinajstić information content (AvgIpc) is 3.19. The number of halogens is 1. The van der Waals surface area contributed by atoms with Crippen LogP contribution in [0.15, 0.2) is 53.6 Å². The summed E-state index contributed by atoms with van der Waals surface area (Å²) in [7, 11) is -0.521. The molecule has 9 heteroatoms. The molecule has 30 heavy (non-hydrogen) atoms. The van der Waals surface area contributed by atoms with Crippen LogP contribution in [0.2, 0.25) is 5.15 Å². The number of hydrazone groups is 1. The van der Waals surface area contributed by atoms with Gasteiger partial charge in [0.25, 0.3) is 0 Å². The Morgan fingerprint density at radius 3 is 2.37 bits per heavy atom. The molecule has 0 N–H and O–H groups in total. The molecule has 0 amide bonds. The number of fused-ring (bicyclic) bond motifs is 1. The molecular formula is C21H20ClN3O4S. The summed E-state index contributed by atoms with van der Waals surface area (Å²) >= 11 is 6.51. The molecule has 0 aliphatic carbocycles. The third-order valence-electron chi connectivity index (χ3n) is 4.98. The molecule has 7 nitrogen and oxygen atoms in total. The lowest BCUT2D eigenvalue weighted by atomic mass is 9.99. The van der Waals surface area contributed by atoms with Gasteiger partial charge in [0, 0.05) is 23.4 Å². The van der Waals surface area contributed by atoms with Gasteiger partial charge in [-0.25, -0.2) is 13.4 Å². The van der Waals surface area contributed by atoms with E-state index in [0.29, 0.717) is 34.7 Å². The molecule has 0 saturated carbocycles. The maximum absolute atomic E-state index is 12.5. The molecule has 0 spiro atoms. The van der Waals surface area contributed by atoms with Crippen molar-refractivity contribution >= 4 is 38.2 Å². The van der Waals surface area contributed by atoms with Gasteiger partial charge in [-0.2, -0.15) is 9.52 Å². The number of rotatable bonds is 5. The molecule has 1 aliphatic heterocycles. The number of sulfonamides is 1. The quantitative estimate of drug-likeness (QED) is 0.554. The molecule has 1 aromatic heterocycles. The van der Waals surface area contributed by atoms with Gasteiger partial charge in [0.1, 0.15) is 5.15 Å². The van der Waals surface area contributed by atoms with Crippen molar-refractivity contribution in [2.24, 2.45) is 5.10 Å². The van der Waals surface area contributed by atoms with Crippen molar-refractivity contribution in [2.45, 2.75) is 12.5 Å². The fraction of sp³-hybridized carbons (Fsp3) is 0.238. The maximum atomic E-state index is 12.5. The molecular weight excluding hydrogens is 426 g/mol. The summed E-state index contributed by atoms with van der Waals surface area (Å²) in [6.07, 6.45) is 1.52. The van der Waals surface area contributed by atoms with Crippen LogP contribution in [0.1, 0.15) is 23.6 Å². The highest BCUT2D eigenvalue weighted by Gasteiger charge is 2.36. The number of methoxy groups -OCH3 is 2. The largest absolute Gasteiger partial charge is 0.493 e. The predicted octanol–water partition coefficient (Wildman–Crippen LogP) is 4.02. The molecule has 0 saturated heterocycles. The van der Waals surface area contributed by atoms with Crippen LogP contribution in [-0.2, 0) is 10.0 Å². The second-order valence-corrected chi connectivity index (χ2v) is 9.13. The number of hydrogen-bond acceptors (Lipinski definition) is 6. The van der Waals surface area contributed by atoms with Crippen molar-refractivity contribution in [3.63, 3.8) is 0 Å². The monoisotopic (exact) mass is 445 g/mol. The van der Waals surface area contributed by atoms with Crippen LogP contribution in [0.25, 0.3) is 10.9 Å². The fourth-order valence-corrected chi connectivity index (χ4v) is 4.73. The van der Waals surface area contributed by atoms with Crippen LogP contribution in [0.3, 0.4) is 0 Å². The molecule has 156 valence electrons. The normalized spacial score (nSPS) is 16.6. The van der Waals surface area contributed by atoms with Crippen molar-refractivity contribution in [1.82, 2.24) is 9.40 Å². The summed E-state index contributed by atoms with van der Waals surface area (Å²) in [6.45, 7) is 0. The number of ether oxygens (including phenoxy) is 2. The van der Waals surface area contributed by atoms with Crippen LogP contribution >= 0.6 is 11.6 Å². The van der Waals surface area contributed by atoms with Gasteiger partial charge in [0.2, 0.25) is 10.0 Å². The lowest BCUT2D eigenvalue weighted by Crippen LogP contribution is -2.26. The minimum Gasteiger partial charge on any atom is -0.493 e. The SMILES string of the molecule is COc1cc2cc([C@H]3CC(c4ccccc4)=NN3S(C)(=O)=O)c(Cl)nc2cc1OC. The Bertz CT molecular complexity index is 1250. The van der Waals surface area contributed by atoms with E-state index in [1.165, 1.54) is 0 Å². The number of benzene rings is 2. The molecule has 0 fully saturated rings. The van der Waals surface area contributed by atoms with E-state index in [0.717, 1.165) is 21.6 Å². The number of nitrogens with zero attached hydrogens (tertiary/aromatic N) is 3. The lowest BCUT2D eigenvalue weighted by molar-refractivity contribution is 0.355. The van der Waals surface area contributed by atoms with Crippen LogP contribution in [0, 0.1) is 0 Å². The topological polar surface area (TPSA) is 81.1 Å². The summed E-state index contributed by atoms with van der Waals surface area (Å²) in [6, 6.07) is 14.2. The van der Waals surface area contributed by atoms with Crippen molar-refractivity contribution in [2.75, 3.05) is 20.5 Å². The molecule has 1 atom stereocenters. The highest BCUT2D eigenvalue weighted by molar-refractivity contribution is 7.88. The van der Waals surface area contributed by atoms with E-state index in [1.807, 2.05) is 36.4 Å². The summed E-state index contributed by atoms with van der Waals surface area (Å²) in [5, 5.41) is 5.38. The zero-order valence-electron chi connectivity index (χ0n) is 16.7. The lowest BCUT2D eigenvalue weighted by Gasteiger charge is -2.22. The Labute approximate surface area is 179 Å². The van der Waals surface area contributed by atoms with Crippen LogP contribution in [0.5, 0.6) is 11.5 Å². The molecule has 0 radical (unpaired) electrons. The van der Waals surface area contributed by atoms with Crippen molar-refractivity contribution in [3.05, 3.63) is 64.8 Å². The summed E-state index contributed by atoms with van der Waals surface area (Å²) in [5.41, 5.74) is 2.74. The second-order valence-electron chi connectivity index (χ2n) is 6.94. The average molecular weight is 446 g/mol. The van der Waals surface area contributed by atoms with Gasteiger partial charge in [-0.15, -0.1) is 0 Å². The van der Waals surface area contributed by atoms with Crippen molar-refractivity contribution < 1.29 is 17.9 Å². The van der Waals surface area contributed by atoms with E-state index in [4.69, 9.17) is 21.1 Å². The Hall–Kier alpha value is -2.84. The van der Waals surface area contributed by atoms with Crippen LogP contribution < -0.4 is 9.47 Å². The Morgan fingerprint density at radius 1 is 1.07 bits per heavy atom. The third kappa shape index (κ3) is 3.68. The first-order valence-electron chi connectivity index (χ1n) is 9.16. The summed E-state index contributed by atoms with van der Waals surface area (Å²) in [4.78, 5) is 4.48. The van der Waals surface area contributed by atoms with Gasteiger partial charge < -0.3 is 9.47 Å². The smallest absolute Gasteiger partial charge is 0.247 e. The zero-order chi connectivity index (χ0) is 21.5. The van der Waals surface area contributed by atoms with Gasteiger partial charge in [-0.3, -0.25) is 0 Å². The predicted molar refractivity (Wildman–Crippen MR) is 117 cm³/mol. The van der Waals surface area contributed by atoms with Crippen LogP contribution in [-0.4, -0.2) is 44.0 Å². The molecule has 2 heterocycles. The minimum absolute atomic E-state index is 0.220. The van der Waals surface area contributed by atoms with Gasteiger partial charge in [0.15, 0.2) is 11.5 Å².